The minimum Gasteiger partial charge on any atom is -0.424 e. The van der Waals surface area contributed by atoms with Crippen molar-refractivity contribution in [3.8, 4) is 11.8 Å². The predicted octanol–water partition coefficient (Wildman–Crippen LogP) is 4.29. The van der Waals surface area contributed by atoms with Gasteiger partial charge in [0.1, 0.15) is 22.9 Å². The van der Waals surface area contributed by atoms with Crippen LogP contribution in [-0.2, 0) is 0 Å². The lowest BCUT2D eigenvalue weighted by Gasteiger charge is -2.11. The van der Waals surface area contributed by atoms with Gasteiger partial charge in [0, 0.05) is 17.1 Å². The second kappa shape index (κ2) is 8.70. The number of hydrogen-bond donors (Lipinski definition) is 2. The SMILES string of the molecule is Cc1cc(C)nc(Oc2ccc(NC(=S)NC(=O)c3c(F)cccc3F)cc2)n1. The van der Waals surface area contributed by atoms with Crippen LogP contribution in [0.5, 0.6) is 11.8 Å². The molecule has 3 rings (SSSR count). The minimum atomic E-state index is -0.981. The van der Waals surface area contributed by atoms with E-state index in [0.29, 0.717) is 11.4 Å². The van der Waals surface area contributed by atoms with Crippen LogP contribution < -0.4 is 15.4 Å². The highest BCUT2D eigenvalue weighted by Gasteiger charge is 2.18. The third-order valence-corrected chi connectivity index (χ3v) is 3.90. The summed E-state index contributed by atoms with van der Waals surface area (Å²) in [6.45, 7) is 3.69. The quantitative estimate of drug-likeness (QED) is 0.621. The third-order valence-electron chi connectivity index (χ3n) is 3.70. The maximum absolute atomic E-state index is 13.7. The van der Waals surface area contributed by atoms with E-state index in [4.69, 9.17) is 17.0 Å². The number of ether oxygens (including phenoxy) is 1. The van der Waals surface area contributed by atoms with Crippen LogP contribution in [0.4, 0.5) is 14.5 Å². The van der Waals surface area contributed by atoms with Gasteiger partial charge in [0.2, 0.25) is 0 Å². The van der Waals surface area contributed by atoms with Gasteiger partial charge in [0.15, 0.2) is 5.11 Å². The summed E-state index contributed by atoms with van der Waals surface area (Å²) in [4.78, 5) is 20.4. The monoisotopic (exact) mass is 414 g/mol. The molecule has 2 N–H and O–H groups in total. The van der Waals surface area contributed by atoms with Gasteiger partial charge < -0.3 is 10.1 Å². The van der Waals surface area contributed by atoms with E-state index in [1.807, 2.05) is 19.9 Å². The number of aromatic nitrogens is 2. The average Bonchev–Trinajstić information content (AvgIpc) is 2.62. The Labute approximate surface area is 171 Å². The maximum atomic E-state index is 13.7. The normalized spacial score (nSPS) is 10.3. The lowest BCUT2D eigenvalue weighted by atomic mass is 10.2. The molecule has 0 spiro atoms. The molecule has 9 heteroatoms. The van der Waals surface area contributed by atoms with Gasteiger partial charge >= 0.3 is 6.01 Å². The summed E-state index contributed by atoms with van der Waals surface area (Å²) >= 11 is 5.03. The van der Waals surface area contributed by atoms with E-state index < -0.39 is 23.1 Å². The molecule has 1 heterocycles. The second-order valence-electron chi connectivity index (χ2n) is 6.06. The average molecular weight is 414 g/mol. The van der Waals surface area contributed by atoms with Crippen molar-refractivity contribution in [2.45, 2.75) is 13.8 Å². The Bertz CT molecular complexity index is 1030. The number of nitrogens with zero attached hydrogens (tertiary/aromatic N) is 2. The fourth-order valence-corrected chi connectivity index (χ4v) is 2.70. The third kappa shape index (κ3) is 5.29. The van der Waals surface area contributed by atoms with E-state index in [1.165, 1.54) is 6.07 Å². The summed E-state index contributed by atoms with van der Waals surface area (Å²) in [5.41, 5.74) is 1.42. The number of benzene rings is 2. The highest BCUT2D eigenvalue weighted by molar-refractivity contribution is 7.80. The first-order valence-electron chi connectivity index (χ1n) is 8.48. The molecule has 2 aromatic carbocycles. The Morgan fingerprint density at radius 3 is 2.17 bits per heavy atom. The van der Waals surface area contributed by atoms with Crippen LogP contribution in [0.1, 0.15) is 21.7 Å². The molecule has 0 fully saturated rings. The fourth-order valence-electron chi connectivity index (χ4n) is 2.49. The first-order valence-corrected chi connectivity index (χ1v) is 8.89. The predicted molar refractivity (Wildman–Crippen MR) is 108 cm³/mol. The van der Waals surface area contributed by atoms with Gasteiger partial charge in [-0.3, -0.25) is 10.1 Å². The fraction of sp³-hybridized carbons (Fsp3) is 0.100. The van der Waals surface area contributed by atoms with Gasteiger partial charge in [-0.15, -0.1) is 0 Å². The zero-order valence-corrected chi connectivity index (χ0v) is 16.3. The lowest BCUT2D eigenvalue weighted by Crippen LogP contribution is -2.35. The Hall–Kier alpha value is -3.46. The van der Waals surface area contributed by atoms with Crippen molar-refractivity contribution < 1.29 is 18.3 Å². The van der Waals surface area contributed by atoms with Crippen molar-refractivity contribution in [1.82, 2.24) is 15.3 Å². The molecule has 6 nitrogen and oxygen atoms in total. The van der Waals surface area contributed by atoms with E-state index in [9.17, 15) is 13.6 Å². The summed E-state index contributed by atoms with van der Waals surface area (Å²) < 4.78 is 32.9. The number of rotatable bonds is 4. The van der Waals surface area contributed by atoms with Crippen molar-refractivity contribution in [2.75, 3.05) is 5.32 Å². The smallest absolute Gasteiger partial charge is 0.322 e. The van der Waals surface area contributed by atoms with Crippen LogP contribution >= 0.6 is 12.2 Å². The molecule has 0 aliphatic carbocycles. The number of nitrogens with one attached hydrogen (secondary N) is 2. The molecule has 3 aromatic rings. The van der Waals surface area contributed by atoms with E-state index in [0.717, 1.165) is 23.5 Å². The molecule has 0 bridgehead atoms. The van der Waals surface area contributed by atoms with Crippen LogP contribution in [0.15, 0.2) is 48.5 Å². The minimum absolute atomic E-state index is 0.107. The summed E-state index contributed by atoms with van der Waals surface area (Å²) in [5, 5.41) is 4.89. The molecule has 0 aliphatic rings. The first kappa shape index (κ1) is 20.3. The highest BCUT2D eigenvalue weighted by Crippen LogP contribution is 2.21. The highest BCUT2D eigenvalue weighted by atomic mass is 32.1. The lowest BCUT2D eigenvalue weighted by molar-refractivity contribution is 0.0969. The Morgan fingerprint density at radius 2 is 1.59 bits per heavy atom. The summed E-state index contributed by atoms with van der Waals surface area (Å²) in [5.74, 6) is -2.42. The summed E-state index contributed by atoms with van der Waals surface area (Å²) in [6, 6.07) is 11.8. The van der Waals surface area contributed by atoms with E-state index in [1.54, 1.807) is 24.3 Å². The number of aryl methyl sites for hydroxylation is 2. The van der Waals surface area contributed by atoms with Crippen molar-refractivity contribution in [3.05, 3.63) is 77.1 Å². The van der Waals surface area contributed by atoms with Gasteiger partial charge in [-0.25, -0.2) is 18.7 Å². The zero-order chi connectivity index (χ0) is 21.0. The molecule has 0 saturated carbocycles. The second-order valence-corrected chi connectivity index (χ2v) is 6.47. The summed E-state index contributed by atoms with van der Waals surface area (Å²) in [7, 11) is 0. The molecule has 1 aromatic heterocycles. The number of carbonyl (C=O) groups is 1. The standard InChI is InChI=1S/C20H16F2N4O2S/c1-11-10-12(2)24-19(23-11)28-14-8-6-13(7-9-14)25-20(29)26-18(27)17-15(21)4-3-5-16(17)22/h3-10H,1-2H3,(H2,25,26,27,29). The van der Waals surface area contributed by atoms with Gasteiger partial charge in [-0.1, -0.05) is 6.07 Å². The van der Waals surface area contributed by atoms with Crippen molar-refractivity contribution >= 4 is 28.9 Å². The molecule has 0 unspecified atom stereocenters. The zero-order valence-electron chi connectivity index (χ0n) is 15.5. The van der Waals surface area contributed by atoms with E-state index in [2.05, 4.69) is 20.6 Å². The van der Waals surface area contributed by atoms with Gasteiger partial charge in [-0.05, 0) is 68.5 Å². The Kier molecular flexibility index (Phi) is 6.08. The number of thiocarbonyl (C=S) groups is 1. The molecule has 0 radical (unpaired) electrons. The summed E-state index contributed by atoms with van der Waals surface area (Å²) in [6.07, 6.45) is 0. The number of carbonyl (C=O) groups excluding carboxylic acids is 1. The molecule has 0 atom stereocenters. The van der Waals surface area contributed by atoms with Gasteiger partial charge in [0.05, 0.1) is 0 Å². The molecular weight excluding hydrogens is 398 g/mol. The molecule has 0 saturated heterocycles. The Morgan fingerprint density at radius 1 is 1.00 bits per heavy atom. The molecule has 1 amide bonds. The van der Waals surface area contributed by atoms with Crippen LogP contribution in [0.2, 0.25) is 0 Å². The van der Waals surface area contributed by atoms with E-state index in [-0.39, 0.29) is 11.1 Å². The Balaban J connectivity index is 1.62. The maximum Gasteiger partial charge on any atom is 0.322 e. The topological polar surface area (TPSA) is 76.1 Å². The number of halogens is 2. The van der Waals surface area contributed by atoms with Crippen LogP contribution in [0.3, 0.4) is 0 Å². The number of anilines is 1. The molecule has 148 valence electrons. The molecule has 29 heavy (non-hydrogen) atoms. The van der Waals surface area contributed by atoms with Crippen LogP contribution in [0, 0.1) is 25.5 Å². The first-order chi connectivity index (χ1) is 13.8. The van der Waals surface area contributed by atoms with Crippen molar-refractivity contribution in [3.63, 3.8) is 0 Å². The van der Waals surface area contributed by atoms with Crippen molar-refractivity contribution in [1.29, 1.82) is 0 Å². The van der Waals surface area contributed by atoms with Crippen LogP contribution in [0.25, 0.3) is 0 Å². The van der Waals surface area contributed by atoms with Gasteiger partial charge in [-0.2, -0.15) is 0 Å². The van der Waals surface area contributed by atoms with E-state index >= 15 is 0 Å². The largest absolute Gasteiger partial charge is 0.424 e. The van der Waals surface area contributed by atoms with Crippen LogP contribution in [-0.4, -0.2) is 21.0 Å². The number of hydrogen-bond acceptors (Lipinski definition) is 5. The van der Waals surface area contributed by atoms with Crippen molar-refractivity contribution in [2.24, 2.45) is 0 Å². The van der Waals surface area contributed by atoms with Gasteiger partial charge in [0.25, 0.3) is 5.91 Å². The molecular formula is C20H16F2N4O2S. The molecule has 0 aliphatic heterocycles. The number of amides is 1.